The summed E-state index contributed by atoms with van der Waals surface area (Å²) in [6.07, 6.45) is 11.3. The molecule has 0 radical (unpaired) electrons. The quantitative estimate of drug-likeness (QED) is 0.0758. The summed E-state index contributed by atoms with van der Waals surface area (Å²) in [6, 6.07) is 55.1. The van der Waals surface area contributed by atoms with Crippen molar-refractivity contribution >= 4 is 8.60 Å². The fraction of sp³-hybridized carbons (Fsp3) is 0.533. The molecule has 0 spiro atoms. The summed E-state index contributed by atoms with van der Waals surface area (Å²) in [6.45, 7) is 66.1. The van der Waals surface area contributed by atoms with Crippen LogP contribution < -0.4 is 0 Å². The van der Waals surface area contributed by atoms with Crippen molar-refractivity contribution in [1.29, 1.82) is 0 Å². The van der Waals surface area contributed by atoms with Crippen molar-refractivity contribution in [2.75, 3.05) is 0 Å². The van der Waals surface area contributed by atoms with E-state index in [1.54, 1.807) is 0 Å². The standard InChI is InChI=1S/C90H123O3P/c1-61-40-28-31-43-67(61)55-70-46-34-37-49-73(70)88(82(16,17)18)58-85(25,79(7,8)9)64(4)52-76(88)91-94(92-77-53-65(5)86(26,80(10,11)12)59-89(77,83(19,20)21)74-50-38-35-47-71(74)56-68-44-32-29-41-62(68)2)93-78-54-66(6)87(27,81(13,14)15)60-90(78,84(22,23)24)75-51-39-36-48-72(75)57-69-45-33-30-42-63(69)3/h28-54,76-78H,55-60H2,1-27H3. The third kappa shape index (κ3) is 12.9. The molecule has 94 heavy (non-hydrogen) atoms. The SMILES string of the molecule is CC1=CC(OP(OC2C=C(C)C(C)(C(C)(C)C)CC2(c2ccccc2Cc2ccccc2C)C(C)(C)C)OC2C=C(C)C(C)(C(C)(C)C)CC2(c2ccccc2Cc2ccccc2C)C(C)(C)C)C(c2ccccc2Cc2ccccc2C)(C(C)(C)C)CC1(C)C(C)(C)C. The van der Waals surface area contributed by atoms with Crippen LogP contribution in [0, 0.1) is 69.5 Å². The Labute approximate surface area is 574 Å². The highest BCUT2D eigenvalue weighted by molar-refractivity contribution is 7.41. The molecule has 0 bridgehead atoms. The first kappa shape index (κ1) is 73.1. The predicted octanol–water partition coefficient (Wildman–Crippen LogP) is 25.2. The Morgan fingerprint density at radius 2 is 0.500 bits per heavy atom. The fourth-order valence-electron chi connectivity index (χ4n) is 17.7. The molecular formula is C90H123O3P. The van der Waals surface area contributed by atoms with Crippen molar-refractivity contribution in [3.63, 3.8) is 0 Å². The largest absolute Gasteiger partial charge is 0.334 e. The Balaban J connectivity index is 1.39. The molecule has 0 heterocycles. The van der Waals surface area contributed by atoms with E-state index >= 15 is 0 Å². The molecule has 3 nitrogen and oxygen atoms in total. The second-order valence-electron chi connectivity index (χ2n) is 36.6. The maximum Gasteiger partial charge on any atom is 0.334 e. The lowest BCUT2D eigenvalue weighted by Gasteiger charge is -2.62. The van der Waals surface area contributed by atoms with Crippen LogP contribution in [-0.4, -0.2) is 18.3 Å². The minimum Gasteiger partial charge on any atom is -0.304 e. The van der Waals surface area contributed by atoms with Crippen LogP contribution in [-0.2, 0) is 49.1 Å². The molecule has 3 aliphatic rings. The Morgan fingerprint density at radius 1 is 0.298 bits per heavy atom. The highest BCUT2D eigenvalue weighted by Crippen LogP contribution is 2.70. The number of hydrogen-bond acceptors (Lipinski definition) is 3. The van der Waals surface area contributed by atoms with Gasteiger partial charge in [0.25, 0.3) is 0 Å². The van der Waals surface area contributed by atoms with Crippen LogP contribution in [0.5, 0.6) is 0 Å². The van der Waals surface area contributed by atoms with Gasteiger partial charge in [0.1, 0.15) is 0 Å². The van der Waals surface area contributed by atoms with Crippen LogP contribution in [0.4, 0.5) is 0 Å². The average molecular weight is 1280 g/mol. The fourth-order valence-corrected chi connectivity index (χ4v) is 19.2. The number of benzene rings is 6. The van der Waals surface area contributed by atoms with Gasteiger partial charge in [0.05, 0.1) is 18.3 Å². The van der Waals surface area contributed by atoms with E-state index in [1.165, 1.54) is 83.5 Å². The molecule has 0 fully saturated rings. The molecule has 0 aliphatic heterocycles. The average Bonchev–Trinajstić information content (AvgIpc) is 0.715. The maximum absolute atomic E-state index is 8.66. The van der Waals surface area contributed by atoms with Gasteiger partial charge in [-0.1, -0.05) is 326 Å². The van der Waals surface area contributed by atoms with E-state index in [2.05, 4.69) is 351 Å². The molecule has 0 saturated heterocycles. The zero-order chi connectivity index (χ0) is 69.4. The molecule has 6 aromatic rings. The summed E-state index contributed by atoms with van der Waals surface area (Å²) < 4.78 is 26.0. The van der Waals surface area contributed by atoms with Crippen LogP contribution in [0.15, 0.2) is 181 Å². The van der Waals surface area contributed by atoms with Gasteiger partial charge < -0.3 is 13.6 Å². The summed E-state index contributed by atoms with van der Waals surface area (Å²) in [5, 5.41) is 0. The van der Waals surface area contributed by atoms with Gasteiger partial charge in [-0.25, -0.2) is 0 Å². The van der Waals surface area contributed by atoms with Crippen LogP contribution in [0.3, 0.4) is 0 Å². The zero-order valence-corrected chi connectivity index (χ0v) is 64.6. The molecule has 0 amide bonds. The van der Waals surface area contributed by atoms with Gasteiger partial charge in [-0.2, -0.15) is 0 Å². The summed E-state index contributed by atoms with van der Waals surface area (Å²) in [5.41, 5.74) is 16.3. The van der Waals surface area contributed by atoms with Gasteiger partial charge in [0, 0.05) is 16.2 Å². The molecular weight excluding hydrogens is 1160 g/mol. The molecule has 506 valence electrons. The first-order valence-electron chi connectivity index (χ1n) is 35.7. The van der Waals surface area contributed by atoms with E-state index < -0.39 is 43.2 Å². The molecule has 9 unspecified atom stereocenters. The topological polar surface area (TPSA) is 27.7 Å². The van der Waals surface area contributed by atoms with Crippen LogP contribution in [0.25, 0.3) is 0 Å². The third-order valence-corrected chi connectivity index (χ3v) is 27.4. The van der Waals surface area contributed by atoms with Crippen molar-refractivity contribution in [3.05, 3.63) is 247 Å². The molecule has 0 saturated carbocycles. The molecule has 9 atom stereocenters. The molecule has 3 aliphatic carbocycles. The molecule has 4 heteroatoms. The van der Waals surface area contributed by atoms with Crippen molar-refractivity contribution in [3.8, 4) is 0 Å². The summed E-state index contributed by atoms with van der Waals surface area (Å²) in [7, 11) is -2.27. The van der Waals surface area contributed by atoms with Gasteiger partial charge in [0.2, 0.25) is 0 Å². The number of rotatable bonds is 15. The lowest BCUT2D eigenvalue weighted by Crippen LogP contribution is -2.59. The second-order valence-corrected chi connectivity index (χ2v) is 37.7. The van der Waals surface area contributed by atoms with Gasteiger partial charge in [0.15, 0.2) is 0 Å². The molecule has 0 aromatic heterocycles. The highest BCUT2D eigenvalue weighted by Gasteiger charge is 2.64. The van der Waals surface area contributed by atoms with Crippen LogP contribution >= 0.6 is 8.60 Å². The number of aryl methyl sites for hydroxylation is 3. The number of hydrogen-bond donors (Lipinski definition) is 0. The van der Waals surface area contributed by atoms with Crippen molar-refractivity contribution in [2.24, 2.45) is 48.7 Å². The first-order chi connectivity index (χ1) is 43.4. The Kier molecular flexibility index (Phi) is 20.2. The van der Waals surface area contributed by atoms with Gasteiger partial charge in [-0.3, -0.25) is 0 Å². The van der Waals surface area contributed by atoms with Crippen LogP contribution in [0.1, 0.15) is 252 Å². The minimum atomic E-state index is -2.27. The van der Waals surface area contributed by atoms with Crippen molar-refractivity contribution < 1.29 is 13.6 Å². The van der Waals surface area contributed by atoms with Gasteiger partial charge >= 0.3 is 8.60 Å². The molecule has 6 aromatic carbocycles. The predicted molar refractivity (Wildman–Crippen MR) is 404 cm³/mol. The van der Waals surface area contributed by atoms with E-state index in [-0.39, 0.29) is 48.7 Å². The van der Waals surface area contributed by atoms with E-state index in [0.717, 1.165) is 38.5 Å². The van der Waals surface area contributed by atoms with E-state index in [1.807, 2.05) is 0 Å². The monoisotopic (exact) mass is 1280 g/mol. The highest BCUT2D eigenvalue weighted by atomic mass is 31.2. The van der Waals surface area contributed by atoms with E-state index in [0.29, 0.717) is 0 Å². The lowest BCUT2D eigenvalue weighted by molar-refractivity contribution is -0.0681. The number of allylic oxidation sites excluding steroid dienone is 3. The Hall–Kier alpha value is -5.15. The summed E-state index contributed by atoms with van der Waals surface area (Å²) in [5.74, 6) is 0. The van der Waals surface area contributed by atoms with Crippen molar-refractivity contribution in [2.45, 2.75) is 260 Å². The first-order valence-corrected chi connectivity index (χ1v) is 36.8. The normalized spacial score (nSPS) is 27.7. The van der Waals surface area contributed by atoms with E-state index in [9.17, 15) is 0 Å². The second kappa shape index (κ2) is 25.9. The Morgan fingerprint density at radius 3 is 0.702 bits per heavy atom. The zero-order valence-electron chi connectivity index (χ0n) is 63.7. The Bertz CT molecular complexity index is 3400. The minimum absolute atomic E-state index is 0.0953. The summed E-state index contributed by atoms with van der Waals surface area (Å²) in [4.78, 5) is 0. The smallest absolute Gasteiger partial charge is 0.304 e. The van der Waals surface area contributed by atoms with Crippen molar-refractivity contribution in [1.82, 2.24) is 0 Å². The summed E-state index contributed by atoms with van der Waals surface area (Å²) >= 11 is 0. The molecule has 0 N–H and O–H groups in total. The maximum atomic E-state index is 8.66. The lowest BCUT2D eigenvalue weighted by atomic mass is 9.46. The van der Waals surface area contributed by atoms with E-state index in [4.69, 9.17) is 13.6 Å². The van der Waals surface area contributed by atoms with Crippen LogP contribution in [0.2, 0.25) is 0 Å². The van der Waals surface area contributed by atoms with Gasteiger partial charge in [-0.05, 0) is 196 Å². The third-order valence-electron chi connectivity index (χ3n) is 26.2. The molecule has 9 rings (SSSR count). The van der Waals surface area contributed by atoms with Gasteiger partial charge in [-0.15, -0.1) is 0 Å².